The van der Waals surface area contributed by atoms with Crippen molar-refractivity contribution in [2.24, 2.45) is 0 Å². The summed E-state index contributed by atoms with van der Waals surface area (Å²) in [6, 6.07) is 6.87. The summed E-state index contributed by atoms with van der Waals surface area (Å²) in [5, 5.41) is 0. The Labute approximate surface area is 91.1 Å². The minimum Gasteiger partial charge on any atom is -0.207 e. The normalized spacial score (nSPS) is 11.7. The third-order valence-electron chi connectivity index (χ3n) is 2.11. The molecule has 1 aromatic carbocycles. The second-order valence-corrected chi connectivity index (χ2v) is 5.68. The van der Waals surface area contributed by atoms with E-state index in [1.807, 2.05) is 0 Å². The van der Waals surface area contributed by atoms with Crippen molar-refractivity contribution < 1.29 is 8.42 Å². The van der Waals surface area contributed by atoms with E-state index in [2.05, 4.69) is 6.58 Å². The Morgan fingerprint density at radius 2 is 1.80 bits per heavy atom. The van der Waals surface area contributed by atoms with Gasteiger partial charge in [-0.05, 0) is 24.1 Å². The molecule has 0 heterocycles. The molecule has 0 unspecified atom stereocenters. The molecule has 0 fully saturated rings. The molecule has 1 rings (SSSR count). The predicted molar refractivity (Wildman–Crippen MR) is 62.0 cm³/mol. The second kappa shape index (κ2) is 4.16. The summed E-state index contributed by atoms with van der Waals surface area (Å²) in [6.45, 7) is 5.57. The third-order valence-corrected chi connectivity index (χ3v) is 3.98. The van der Waals surface area contributed by atoms with Crippen molar-refractivity contribution in [2.45, 2.75) is 11.8 Å². The molecule has 0 N–H and O–H groups in total. The van der Waals surface area contributed by atoms with Crippen LogP contribution in [0.1, 0.15) is 12.5 Å². The first-order chi connectivity index (χ1) is 6.87. The largest absolute Gasteiger partial charge is 0.243 e. The highest BCUT2D eigenvalue weighted by molar-refractivity contribution is 7.89. The minimum absolute atomic E-state index is 0.308. The van der Waals surface area contributed by atoms with Gasteiger partial charge in [0.2, 0.25) is 10.0 Å². The summed E-state index contributed by atoms with van der Waals surface area (Å²) in [6.07, 6.45) is 0. The van der Waals surface area contributed by atoms with Crippen molar-refractivity contribution in [3.05, 3.63) is 36.4 Å². The van der Waals surface area contributed by atoms with E-state index < -0.39 is 10.0 Å². The van der Waals surface area contributed by atoms with Crippen LogP contribution in [0, 0.1) is 0 Å². The fraction of sp³-hybridized carbons (Fsp3) is 0.273. The van der Waals surface area contributed by atoms with Crippen LogP contribution in [-0.2, 0) is 10.0 Å². The van der Waals surface area contributed by atoms with Gasteiger partial charge in [-0.25, -0.2) is 12.7 Å². The second-order valence-electron chi connectivity index (χ2n) is 3.56. The van der Waals surface area contributed by atoms with Crippen molar-refractivity contribution in [1.82, 2.24) is 4.31 Å². The molecule has 3 nitrogen and oxygen atoms in total. The Kier molecular flexibility index (Phi) is 3.31. The van der Waals surface area contributed by atoms with E-state index >= 15 is 0 Å². The lowest BCUT2D eigenvalue weighted by Crippen LogP contribution is -2.23. The van der Waals surface area contributed by atoms with Crippen LogP contribution >= 0.6 is 0 Å². The molecule has 0 aliphatic heterocycles. The van der Waals surface area contributed by atoms with E-state index in [0.717, 1.165) is 5.57 Å². The SMILES string of the molecule is C=C(C)c1ccccc1S(=O)(=O)N(C)C. The molecule has 0 spiro atoms. The number of benzene rings is 1. The standard InChI is InChI=1S/C11H15NO2S/c1-9(2)10-7-5-6-8-11(10)15(13,14)12(3)4/h5-8H,1H2,2-4H3. The fourth-order valence-corrected chi connectivity index (χ4v) is 2.40. The van der Waals surface area contributed by atoms with Crippen molar-refractivity contribution >= 4 is 15.6 Å². The molecule has 0 radical (unpaired) electrons. The molecular weight excluding hydrogens is 210 g/mol. The molecule has 0 saturated carbocycles. The summed E-state index contributed by atoms with van der Waals surface area (Å²) in [5.74, 6) is 0. The van der Waals surface area contributed by atoms with Crippen LogP contribution in [0.2, 0.25) is 0 Å². The van der Waals surface area contributed by atoms with Crippen LogP contribution in [0.15, 0.2) is 35.7 Å². The van der Waals surface area contributed by atoms with Gasteiger partial charge in [0.25, 0.3) is 0 Å². The zero-order valence-electron chi connectivity index (χ0n) is 9.19. The van der Waals surface area contributed by atoms with Gasteiger partial charge in [0, 0.05) is 14.1 Å². The summed E-state index contributed by atoms with van der Waals surface area (Å²) < 4.78 is 25.1. The van der Waals surface area contributed by atoms with E-state index in [0.29, 0.717) is 10.5 Å². The number of allylic oxidation sites excluding steroid dienone is 1. The van der Waals surface area contributed by atoms with Crippen LogP contribution in [0.4, 0.5) is 0 Å². The molecule has 0 aliphatic carbocycles. The molecule has 4 heteroatoms. The van der Waals surface area contributed by atoms with Gasteiger partial charge in [-0.1, -0.05) is 24.8 Å². The van der Waals surface area contributed by atoms with Crippen LogP contribution < -0.4 is 0 Å². The van der Waals surface area contributed by atoms with E-state index in [1.54, 1.807) is 31.2 Å². The average molecular weight is 225 g/mol. The lowest BCUT2D eigenvalue weighted by Gasteiger charge is -2.14. The maximum Gasteiger partial charge on any atom is 0.243 e. The Morgan fingerprint density at radius 1 is 1.27 bits per heavy atom. The maximum atomic E-state index is 11.9. The number of rotatable bonds is 3. The number of hydrogen-bond donors (Lipinski definition) is 0. The number of nitrogens with zero attached hydrogens (tertiary/aromatic N) is 1. The lowest BCUT2D eigenvalue weighted by molar-refractivity contribution is 0.520. The smallest absolute Gasteiger partial charge is 0.207 e. The lowest BCUT2D eigenvalue weighted by atomic mass is 10.1. The van der Waals surface area contributed by atoms with Crippen LogP contribution in [0.3, 0.4) is 0 Å². The molecule has 0 bridgehead atoms. The highest BCUT2D eigenvalue weighted by Gasteiger charge is 2.20. The molecule has 0 aliphatic rings. The van der Waals surface area contributed by atoms with Gasteiger partial charge in [-0.15, -0.1) is 0 Å². The molecule has 1 aromatic rings. The molecule has 0 aromatic heterocycles. The molecule has 0 saturated heterocycles. The summed E-state index contributed by atoms with van der Waals surface area (Å²) in [7, 11) is -0.343. The Hall–Kier alpha value is -1.13. The Balaban J connectivity index is 3.45. The molecule has 82 valence electrons. The zero-order chi connectivity index (χ0) is 11.6. The van der Waals surface area contributed by atoms with Crippen LogP contribution in [0.25, 0.3) is 5.57 Å². The first-order valence-corrected chi connectivity index (χ1v) is 5.99. The predicted octanol–water partition coefficient (Wildman–Crippen LogP) is 1.97. The molecule has 0 atom stereocenters. The van der Waals surface area contributed by atoms with E-state index in [-0.39, 0.29) is 0 Å². The van der Waals surface area contributed by atoms with Gasteiger partial charge < -0.3 is 0 Å². The quantitative estimate of drug-likeness (QED) is 0.788. The number of hydrogen-bond acceptors (Lipinski definition) is 2. The fourth-order valence-electron chi connectivity index (χ4n) is 1.24. The first kappa shape index (κ1) is 11.9. The highest BCUT2D eigenvalue weighted by atomic mass is 32.2. The maximum absolute atomic E-state index is 11.9. The van der Waals surface area contributed by atoms with E-state index in [4.69, 9.17) is 0 Å². The van der Waals surface area contributed by atoms with E-state index in [1.165, 1.54) is 18.4 Å². The van der Waals surface area contributed by atoms with Crippen molar-refractivity contribution in [3.63, 3.8) is 0 Å². The van der Waals surface area contributed by atoms with Gasteiger partial charge in [0.05, 0.1) is 4.90 Å². The Morgan fingerprint density at radius 3 is 2.27 bits per heavy atom. The first-order valence-electron chi connectivity index (χ1n) is 4.55. The van der Waals surface area contributed by atoms with Crippen LogP contribution in [-0.4, -0.2) is 26.8 Å². The summed E-state index contributed by atoms with van der Waals surface area (Å²) >= 11 is 0. The number of sulfonamides is 1. The van der Waals surface area contributed by atoms with Gasteiger partial charge in [-0.2, -0.15) is 0 Å². The highest BCUT2D eigenvalue weighted by Crippen LogP contribution is 2.23. The molecule has 15 heavy (non-hydrogen) atoms. The van der Waals surface area contributed by atoms with Crippen molar-refractivity contribution in [2.75, 3.05) is 14.1 Å². The average Bonchev–Trinajstić information content (AvgIpc) is 2.17. The van der Waals surface area contributed by atoms with Gasteiger partial charge in [-0.3, -0.25) is 0 Å². The third kappa shape index (κ3) is 2.27. The van der Waals surface area contributed by atoms with Crippen LogP contribution in [0.5, 0.6) is 0 Å². The molecule has 0 amide bonds. The minimum atomic E-state index is -3.38. The summed E-state index contributed by atoms with van der Waals surface area (Å²) in [4.78, 5) is 0.308. The zero-order valence-corrected chi connectivity index (χ0v) is 10.0. The van der Waals surface area contributed by atoms with Crippen molar-refractivity contribution in [1.29, 1.82) is 0 Å². The monoisotopic (exact) mass is 225 g/mol. The van der Waals surface area contributed by atoms with Gasteiger partial charge in [0.15, 0.2) is 0 Å². The Bertz CT molecular complexity index is 475. The van der Waals surface area contributed by atoms with Gasteiger partial charge in [0.1, 0.15) is 0 Å². The van der Waals surface area contributed by atoms with Gasteiger partial charge >= 0.3 is 0 Å². The summed E-state index contributed by atoms with van der Waals surface area (Å²) in [5.41, 5.74) is 1.42. The molecular formula is C11H15NO2S. The topological polar surface area (TPSA) is 37.4 Å². The van der Waals surface area contributed by atoms with E-state index in [9.17, 15) is 8.42 Å². The van der Waals surface area contributed by atoms with Crippen molar-refractivity contribution in [3.8, 4) is 0 Å².